The summed E-state index contributed by atoms with van der Waals surface area (Å²) >= 11 is 12.0. The lowest BCUT2D eigenvalue weighted by atomic mass is 10.0. The van der Waals surface area contributed by atoms with Crippen molar-refractivity contribution in [2.75, 3.05) is 0 Å². The van der Waals surface area contributed by atoms with Gasteiger partial charge in [0.1, 0.15) is 5.52 Å². The topological polar surface area (TPSA) is 63.3 Å². The number of carboxylic acid groups (broad SMARTS) is 1. The van der Waals surface area contributed by atoms with Gasteiger partial charge in [0.15, 0.2) is 5.58 Å². The van der Waals surface area contributed by atoms with E-state index < -0.39 is 11.9 Å². The molecule has 22 heavy (non-hydrogen) atoms. The zero-order valence-electron chi connectivity index (χ0n) is 11.5. The Balaban J connectivity index is 2.08. The van der Waals surface area contributed by atoms with Crippen molar-refractivity contribution in [2.24, 2.45) is 0 Å². The molecule has 6 heteroatoms. The Morgan fingerprint density at radius 3 is 2.68 bits per heavy atom. The lowest BCUT2D eigenvalue weighted by Crippen LogP contribution is -2.06. The Labute approximate surface area is 136 Å². The first kappa shape index (κ1) is 14.9. The molecule has 0 bridgehead atoms. The Morgan fingerprint density at radius 2 is 2.00 bits per heavy atom. The van der Waals surface area contributed by atoms with Crippen LogP contribution in [0.15, 0.2) is 40.8 Å². The van der Waals surface area contributed by atoms with Crippen LogP contribution in [0.4, 0.5) is 0 Å². The molecule has 0 fully saturated rings. The molecule has 4 nitrogen and oxygen atoms in total. The van der Waals surface area contributed by atoms with Crippen LogP contribution in [-0.2, 0) is 4.79 Å². The molecule has 0 aliphatic rings. The molecule has 1 aromatic heterocycles. The highest BCUT2D eigenvalue weighted by atomic mass is 35.5. The lowest BCUT2D eigenvalue weighted by molar-refractivity contribution is -0.138. The number of hydrogen-bond acceptors (Lipinski definition) is 3. The molecule has 0 spiro atoms. The number of carboxylic acids is 1. The van der Waals surface area contributed by atoms with Crippen LogP contribution in [-0.4, -0.2) is 16.1 Å². The van der Waals surface area contributed by atoms with Gasteiger partial charge in [-0.25, -0.2) is 4.98 Å². The molecule has 0 amide bonds. The first-order valence-electron chi connectivity index (χ1n) is 6.54. The van der Waals surface area contributed by atoms with Crippen LogP contribution in [0.2, 0.25) is 10.0 Å². The summed E-state index contributed by atoms with van der Waals surface area (Å²) in [7, 11) is 0. The number of carbonyl (C=O) groups is 1. The zero-order valence-corrected chi connectivity index (χ0v) is 13.0. The number of oxazole rings is 1. The molecule has 0 saturated carbocycles. The van der Waals surface area contributed by atoms with E-state index in [-0.39, 0.29) is 0 Å². The zero-order chi connectivity index (χ0) is 15.9. The third kappa shape index (κ3) is 2.67. The van der Waals surface area contributed by atoms with E-state index in [0.29, 0.717) is 38.2 Å². The Bertz CT molecular complexity index is 873. The highest BCUT2D eigenvalue weighted by molar-refractivity contribution is 6.36. The van der Waals surface area contributed by atoms with Gasteiger partial charge in [-0.3, -0.25) is 4.79 Å². The molecule has 1 atom stereocenters. The molecule has 2 aromatic carbocycles. The summed E-state index contributed by atoms with van der Waals surface area (Å²) in [6.07, 6.45) is 0. The van der Waals surface area contributed by atoms with Crippen LogP contribution in [0.3, 0.4) is 0 Å². The smallest absolute Gasteiger partial charge is 0.310 e. The molecular weight excluding hydrogens is 325 g/mol. The molecule has 0 radical (unpaired) electrons. The second kappa shape index (κ2) is 5.63. The summed E-state index contributed by atoms with van der Waals surface area (Å²) in [5.74, 6) is -1.13. The lowest BCUT2D eigenvalue weighted by Gasteiger charge is -2.04. The summed E-state index contributed by atoms with van der Waals surface area (Å²) in [5.41, 5.74) is 2.45. The third-order valence-electron chi connectivity index (χ3n) is 3.44. The van der Waals surface area contributed by atoms with E-state index in [2.05, 4.69) is 4.98 Å². The number of halogens is 2. The van der Waals surface area contributed by atoms with Gasteiger partial charge in [0.05, 0.1) is 16.5 Å². The maximum absolute atomic E-state index is 11.1. The van der Waals surface area contributed by atoms with E-state index in [1.54, 1.807) is 43.3 Å². The minimum absolute atomic E-state index is 0.372. The minimum Gasteiger partial charge on any atom is -0.481 e. The fraction of sp³-hybridized carbons (Fsp3) is 0.125. The number of benzene rings is 2. The fourth-order valence-corrected chi connectivity index (χ4v) is 2.62. The minimum atomic E-state index is -0.889. The van der Waals surface area contributed by atoms with Crippen molar-refractivity contribution in [1.82, 2.24) is 4.98 Å². The highest BCUT2D eigenvalue weighted by Gasteiger charge is 2.17. The molecule has 112 valence electrons. The van der Waals surface area contributed by atoms with E-state index in [4.69, 9.17) is 32.7 Å². The fourth-order valence-electron chi connectivity index (χ4n) is 2.13. The van der Waals surface area contributed by atoms with Crippen LogP contribution in [0.5, 0.6) is 0 Å². The van der Waals surface area contributed by atoms with Crippen molar-refractivity contribution in [2.45, 2.75) is 12.8 Å². The van der Waals surface area contributed by atoms with E-state index in [1.807, 2.05) is 0 Å². The summed E-state index contributed by atoms with van der Waals surface area (Å²) in [5, 5.41) is 10.0. The van der Waals surface area contributed by atoms with Crippen molar-refractivity contribution in [1.29, 1.82) is 0 Å². The summed E-state index contributed by atoms with van der Waals surface area (Å²) in [6.45, 7) is 1.62. The van der Waals surface area contributed by atoms with Crippen molar-refractivity contribution in [3.8, 4) is 11.5 Å². The molecule has 1 N–H and O–H groups in total. The van der Waals surface area contributed by atoms with E-state index in [1.165, 1.54) is 0 Å². The van der Waals surface area contributed by atoms with Gasteiger partial charge in [0.25, 0.3) is 0 Å². The Morgan fingerprint density at radius 1 is 1.23 bits per heavy atom. The van der Waals surface area contributed by atoms with Gasteiger partial charge in [-0.2, -0.15) is 0 Å². The van der Waals surface area contributed by atoms with Crippen LogP contribution < -0.4 is 0 Å². The number of fused-ring (bicyclic) bond motifs is 1. The third-order valence-corrected chi connectivity index (χ3v) is 3.99. The Hall–Kier alpha value is -2.04. The predicted molar refractivity (Wildman–Crippen MR) is 85.5 cm³/mol. The highest BCUT2D eigenvalue weighted by Crippen LogP contribution is 2.32. The largest absolute Gasteiger partial charge is 0.481 e. The van der Waals surface area contributed by atoms with Gasteiger partial charge in [0, 0.05) is 5.02 Å². The number of aromatic nitrogens is 1. The summed E-state index contributed by atoms with van der Waals surface area (Å²) < 4.78 is 5.71. The van der Waals surface area contributed by atoms with Crippen molar-refractivity contribution in [3.63, 3.8) is 0 Å². The number of rotatable bonds is 3. The summed E-state index contributed by atoms with van der Waals surface area (Å²) in [4.78, 5) is 15.4. The number of nitrogens with zero attached hydrogens (tertiary/aromatic N) is 1. The predicted octanol–water partition coefficient (Wildman–Crippen LogP) is 4.99. The van der Waals surface area contributed by atoms with Crippen molar-refractivity contribution < 1.29 is 14.3 Å². The SMILES string of the molecule is C[C@H](C(=O)O)c1ccc2nc(-c3ccc(Cl)cc3Cl)oc2c1. The molecule has 0 aliphatic carbocycles. The van der Waals surface area contributed by atoms with Crippen LogP contribution in [0, 0.1) is 0 Å². The number of aliphatic carboxylic acids is 1. The van der Waals surface area contributed by atoms with Gasteiger partial charge in [-0.1, -0.05) is 29.3 Å². The molecule has 3 aromatic rings. The van der Waals surface area contributed by atoms with Crippen molar-refractivity contribution >= 4 is 40.3 Å². The van der Waals surface area contributed by atoms with Gasteiger partial charge >= 0.3 is 5.97 Å². The Kier molecular flexibility index (Phi) is 3.81. The van der Waals surface area contributed by atoms with E-state index in [0.717, 1.165) is 0 Å². The average molecular weight is 336 g/mol. The van der Waals surface area contributed by atoms with Crippen LogP contribution in [0.1, 0.15) is 18.4 Å². The van der Waals surface area contributed by atoms with Gasteiger partial charge < -0.3 is 9.52 Å². The van der Waals surface area contributed by atoms with E-state index in [9.17, 15) is 4.79 Å². The average Bonchev–Trinajstić information content (AvgIpc) is 2.88. The first-order chi connectivity index (χ1) is 10.5. The summed E-state index contributed by atoms with van der Waals surface area (Å²) in [6, 6.07) is 10.2. The molecule has 0 aliphatic heterocycles. The maximum atomic E-state index is 11.1. The van der Waals surface area contributed by atoms with Gasteiger partial charge in [-0.15, -0.1) is 0 Å². The van der Waals surface area contributed by atoms with Gasteiger partial charge in [0.2, 0.25) is 5.89 Å². The molecule has 0 saturated heterocycles. The molecule has 1 heterocycles. The molecule has 0 unspecified atom stereocenters. The van der Waals surface area contributed by atoms with Crippen LogP contribution >= 0.6 is 23.2 Å². The van der Waals surface area contributed by atoms with Crippen LogP contribution in [0.25, 0.3) is 22.6 Å². The monoisotopic (exact) mass is 335 g/mol. The molecular formula is C16H11Cl2NO3. The standard InChI is InChI=1S/C16H11Cl2NO3/c1-8(16(20)21)9-2-5-13-14(6-9)22-15(19-13)11-4-3-10(17)7-12(11)18/h2-8H,1H3,(H,20,21)/t8-/m0/s1. The quantitative estimate of drug-likeness (QED) is 0.732. The number of hydrogen-bond donors (Lipinski definition) is 1. The maximum Gasteiger partial charge on any atom is 0.310 e. The normalized spacial score (nSPS) is 12.5. The second-order valence-electron chi connectivity index (χ2n) is 4.93. The van der Waals surface area contributed by atoms with Crippen molar-refractivity contribution in [3.05, 3.63) is 52.0 Å². The van der Waals surface area contributed by atoms with E-state index >= 15 is 0 Å². The first-order valence-corrected chi connectivity index (χ1v) is 7.30. The second-order valence-corrected chi connectivity index (χ2v) is 5.77. The van der Waals surface area contributed by atoms with Gasteiger partial charge in [-0.05, 0) is 42.8 Å². The molecule has 3 rings (SSSR count).